The van der Waals surface area contributed by atoms with Gasteiger partial charge < -0.3 is 15.4 Å². The topological polar surface area (TPSA) is 55.6 Å². The number of esters is 1. The summed E-state index contributed by atoms with van der Waals surface area (Å²) in [6.45, 7) is 2.68. The molecule has 2 aliphatic rings. The highest BCUT2D eigenvalue weighted by Crippen LogP contribution is 2.43. The van der Waals surface area contributed by atoms with Gasteiger partial charge in [-0.15, -0.1) is 0 Å². The Kier molecular flexibility index (Phi) is 4.05. The number of ether oxygens (including phenoxy) is 1. The Hall–Kier alpha value is -0.610. The largest absolute Gasteiger partial charge is 0.462 e. The standard InChI is InChI=1S/C13H24N2O2/c1-15-7-3-11(4-8-15)17-12(16)9-13(10-14)5-2-6-13/h11H,2-10,14H2,1H3. The Balaban J connectivity index is 1.73. The predicted octanol–water partition coefficient (Wildman–Crippen LogP) is 1.14. The molecule has 0 amide bonds. The first kappa shape index (κ1) is 12.8. The Labute approximate surface area is 103 Å². The molecule has 2 fully saturated rings. The van der Waals surface area contributed by atoms with Gasteiger partial charge in [-0.1, -0.05) is 6.42 Å². The molecule has 2 N–H and O–H groups in total. The minimum Gasteiger partial charge on any atom is -0.462 e. The van der Waals surface area contributed by atoms with Crippen LogP contribution in [0.15, 0.2) is 0 Å². The van der Waals surface area contributed by atoms with E-state index in [1.807, 2.05) is 0 Å². The molecule has 0 aromatic heterocycles. The van der Waals surface area contributed by atoms with Gasteiger partial charge in [0, 0.05) is 13.1 Å². The number of carbonyl (C=O) groups excluding carboxylic acids is 1. The monoisotopic (exact) mass is 240 g/mol. The maximum atomic E-state index is 11.9. The summed E-state index contributed by atoms with van der Waals surface area (Å²) >= 11 is 0. The Bertz CT molecular complexity index is 263. The van der Waals surface area contributed by atoms with Gasteiger partial charge in [0.05, 0.1) is 6.42 Å². The van der Waals surface area contributed by atoms with Crippen molar-refractivity contribution in [3.8, 4) is 0 Å². The summed E-state index contributed by atoms with van der Waals surface area (Å²) in [5, 5.41) is 0. The Morgan fingerprint density at radius 2 is 2.06 bits per heavy atom. The molecule has 1 aliphatic heterocycles. The summed E-state index contributed by atoms with van der Waals surface area (Å²) in [7, 11) is 2.11. The molecule has 0 spiro atoms. The zero-order valence-corrected chi connectivity index (χ0v) is 10.8. The van der Waals surface area contributed by atoms with Gasteiger partial charge in [-0.25, -0.2) is 0 Å². The lowest BCUT2D eigenvalue weighted by Gasteiger charge is -2.40. The van der Waals surface area contributed by atoms with Gasteiger partial charge in [-0.3, -0.25) is 4.79 Å². The zero-order valence-electron chi connectivity index (χ0n) is 10.8. The third-order valence-corrected chi connectivity index (χ3v) is 4.33. The first-order valence-electron chi connectivity index (χ1n) is 6.72. The number of hydrogen-bond acceptors (Lipinski definition) is 4. The van der Waals surface area contributed by atoms with Gasteiger partial charge in [0.25, 0.3) is 0 Å². The molecule has 0 aromatic rings. The molecule has 17 heavy (non-hydrogen) atoms. The summed E-state index contributed by atoms with van der Waals surface area (Å²) in [4.78, 5) is 14.1. The number of hydrogen-bond donors (Lipinski definition) is 1. The van der Waals surface area contributed by atoms with E-state index in [1.54, 1.807) is 0 Å². The van der Waals surface area contributed by atoms with E-state index in [2.05, 4.69) is 11.9 Å². The minimum absolute atomic E-state index is 0.0373. The molecule has 4 heteroatoms. The summed E-state index contributed by atoms with van der Waals surface area (Å²) in [5.41, 5.74) is 5.83. The first-order chi connectivity index (χ1) is 8.13. The quantitative estimate of drug-likeness (QED) is 0.749. The molecule has 4 nitrogen and oxygen atoms in total. The minimum atomic E-state index is -0.0373. The van der Waals surface area contributed by atoms with Gasteiger partial charge in [-0.2, -0.15) is 0 Å². The summed E-state index contributed by atoms with van der Waals surface area (Å²) in [6.07, 6.45) is 5.98. The first-order valence-corrected chi connectivity index (χ1v) is 6.72. The SMILES string of the molecule is CN1CCC(OC(=O)CC2(CN)CCC2)CC1. The molecule has 1 saturated carbocycles. The number of nitrogens with zero attached hydrogens (tertiary/aromatic N) is 1. The second kappa shape index (κ2) is 5.36. The molecule has 98 valence electrons. The van der Waals surface area contributed by atoms with Crippen LogP contribution < -0.4 is 5.73 Å². The van der Waals surface area contributed by atoms with E-state index in [-0.39, 0.29) is 17.5 Å². The van der Waals surface area contributed by atoms with E-state index in [0.717, 1.165) is 38.8 Å². The second-order valence-corrected chi connectivity index (χ2v) is 5.73. The molecular weight excluding hydrogens is 216 g/mol. The molecule has 1 heterocycles. The molecule has 0 radical (unpaired) electrons. The van der Waals surface area contributed by atoms with E-state index in [9.17, 15) is 4.79 Å². The lowest BCUT2D eigenvalue weighted by atomic mass is 9.67. The van der Waals surface area contributed by atoms with Crippen LogP contribution in [-0.2, 0) is 9.53 Å². The van der Waals surface area contributed by atoms with Crippen molar-refractivity contribution in [2.75, 3.05) is 26.7 Å². The van der Waals surface area contributed by atoms with E-state index in [4.69, 9.17) is 10.5 Å². The van der Waals surface area contributed by atoms with E-state index in [1.165, 1.54) is 6.42 Å². The zero-order chi connectivity index (χ0) is 12.3. The van der Waals surface area contributed by atoms with Crippen molar-refractivity contribution in [3.63, 3.8) is 0 Å². The highest BCUT2D eigenvalue weighted by molar-refractivity contribution is 5.70. The summed E-state index contributed by atoms with van der Waals surface area (Å²) in [5.74, 6) is -0.0373. The molecule has 2 rings (SSSR count). The van der Waals surface area contributed by atoms with Gasteiger partial charge in [0.1, 0.15) is 6.10 Å². The summed E-state index contributed by atoms with van der Waals surface area (Å²) < 4.78 is 5.55. The lowest BCUT2D eigenvalue weighted by molar-refractivity contribution is -0.155. The van der Waals surface area contributed by atoms with Crippen molar-refractivity contribution < 1.29 is 9.53 Å². The molecule has 0 atom stereocenters. The molecule has 0 unspecified atom stereocenters. The number of carbonyl (C=O) groups is 1. The highest BCUT2D eigenvalue weighted by Gasteiger charge is 2.38. The normalized spacial score (nSPS) is 25.3. The third kappa shape index (κ3) is 3.19. The predicted molar refractivity (Wildman–Crippen MR) is 66.6 cm³/mol. The van der Waals surface area contributed by atoms with Crippen LogP contribution in [0.2, 0.25) is 0 Å². The van der Waals surface area contributed by atoms with Crippen LogP contribution in [0.1, 0.15) is 38.5 Å². The fourth-order valence-corrected chi connectivity index (χ4v) is 2.77. The van der Waals surface area contributed by atoms with Gasteiger partial charge >= 0.3 is 5.97 Å². The van der Waals surface area contributed by atoms with Crippen LogP contribution in [0.25, 0.3) is 0 Å². The van der Waals surface area contributed by atoms with Crippen LogP contribution >= 0.6 is 0 Å². The van der Waals surface area contributed by atoms with E-state index >= 15 is 0 Å². The number of nitrogens with two attached hydrogens (primary N) is 1. The molecular formula is C13H24N2O2. The fourth-order valence-electron chi connectivity index (χ4n) is 2.77. The maximum absolute atomic E-state index is 11.9. The van der Waals surface area contributed by atoms with Gasteiger partial charge in [0.15, 0.2) is 0 Å². The Morgan fingerprint density at radius 3 is 2.53 bits per heavy atom. The van der Waals surface area contributed by atoms with Crippen molar-refractivity contribution >= 4 is 5.97 Å². The fraction of sp³-hybridized carbons (Fsp3) is 0.923. The van der Waals surface area contributed by atoms with Crippen molar-refractivity contribution in [2.45, 2.75) is 44.6 Å². The van der Waals surface area contributed by atoms with Gasteiger partial charge in [-0.05, 0) is 44.7 Å². The van der Waals surface area contributed by atoms with Crippen LogP contribution in [0.3, 0.4) is 0 Å². The third-order valence-electron chi connectivity index (χ3n) is 4.33. The molecule has 0 aromatic carbocycles. The van der Waals surface area contributed by atoms with Crippen molar-refractivity contribution in [1.82, 2.24) is 4.90 Å². The van der Waals surface area contributed by atoms with Crippen LogP contribution in [0, 0.1) is 5.41 Å². The lowest BCUT2D eigenvalue weighted by Crippen LogP contribution is -2.41. The molecule has 1 saturated heterocycles. The van der Waals surface area contributed by atoms with Gasteiger partial charge in [0.2, 0.25) is 0 Å². The maximum Gasteiger partial charge on any atom is 0.306 e. The number of likely N-dealkylation sites (tertiary alicyclic amines) is 1. The molecule has 1 aliphatic carbocycles. The van der Waals surface area contributed by atoms with E-state index in [0.29, 0.717) is 13.0 Å². The average Bonchev–Trinajstić information content (AvgIpc) is 2.27. The van der Waals surface area contributed by atoms with Crippen LogP contribution in [0.5, 0.6) is 0 Å². The van der Waals surface area contributed by atoms with E-state index < -0.39 is 0 Å². The number of piperidine rings is 1. The van der Waals surface area contributed by atoms with Crippen molar-refractivity contribution in [1.29, 1.82) is 0 Å². The highest BCUT2D eigenvalue weighted by atomic mass is 16.5. The second-order valence-electron chi connectivity index (χ2n) is 5.73. The Morgan fingerprint density at radius 1 is 1.41 bits per heavy atom. The molecule has 0 bridgehead atoms. The summed E-state index contributed by atoms with van der Waals surface area (Å²) in [6, 6.07) is 0. The van der Waals surface area contributed by atoms with Crippen molar-refractivity contribution in [2.24, 2.45) is 11.1 Å². The number of rotatable bonds is 4. The average molecular weight is 240 g/mol. The van der Waals surface area contributed by atoms with Crippen LogP contribution in [0.4, 0.5) is 0 Å². The smallest absolute Gasteiger partial charge is 0.306 e. The van der Waals surface area contributed by atoms with Crippen LogP contribution in [-0.4, -0.2) is 43.7 Å². The van der Waals surface area contributed by atoms with Crippen molar-refractivity contribution in [3.05, 3.63) is 0 Å².